The number of hydrogen-bond acceptors (Lipinski definition) is 11. The maximum Gasteiger partial charge on any atom is 0.422 e. The molecule has 4 N–H and O–H groups in total. The Balaban J connectivity index is 1.42. The molecule has 4 rings (SSSR count). The van der Waals surface area contributed by atoms with Crippen LogP contribution in [-0.2, 0) is 24.7 Å². The highest BCUT2D eigenvalue weighted by Gasteiger charge is 2.45. The van der Waals surface area contributed by atoms with E-state index in [2.05, 4.69) is 36.2 Å². The monoisotopic (exact) mass is 706 g/mol. The summed E-state index contributed by atoms with van der Waals surface area (Å²) >= 11 is 6.02. The van der Waals surface area contributed by atoms with Crippen molar-refractivity contribution in [1.29, 1.82) is 0 Å². The number of aromatic nitrogens is 3. The van der Waals surface area contributed by atoms with Crippen molar-refractivity contribution in [2.75, 3.05) is 45.0 Å². The van der Waals surface area contributed by atoms with Gasteiger partial charge in [-0.25, -0.2) is 4.79 Å². The van der Waals surface area contributed by atoms with E-state index in [1.165, 1.54) is 45.5 Å². The van der Waals surface area contributed by atoms with E-state index in [1.807, 2.05) is 12.1 Å². The minimum Gasteiger partial charge on any atom is -0.467 e. The molecule has 1 fully saturated rings. The van der Waals surface area contributed by atoms with Gasteiger partial charge >= 0.3 is 30.0 Å². The average Bonchev–Trinajstić information content (AvgIpc) is 3.84. The number of anilines is 3. The van der Waals surface area contributed by atoms with Crippen molar-refractivity contribution in [3.63, 3.8) is 0 Å². The SMILES string of the molecule is COC(=O)[C@H](CCCNC(=O)C(=O)N(C)C)NC(=O)c1ccc(Nc2nc(NC3(c4ccc(Cl)cc4)CC3)nc(OCC(F)(F)F)n2)cc1. The first kappa shape index (κ1) is 36.6. The lowest BCUT2D eigenvalue weighted by Crippen LogP contribution is -2.43. The number of amides is 3. The maximum absolute atomic E-state index is 13.0. The standard InChI is InChI=1S/C31H34ClF3N8O6/c1-43(2)25(46)24(45)36-16-4-5-22(26(47)48-3)38-23(44)18-6-12-21(13-7-18)37-27-39-28(41-29(40-27)49-17-31(33,34)35)42-30(14-15-30)19-8-10-20(32)11-9-19/h6-13,22H,4-5,14-17H2,1-3H3,(H,36,45)(H,38,44)(H2,37,39,40,41,42)/t22-/m0/s1. The van der Waals surface area contributed by atoms with Gasteiger partial charge in [-0.05, 0) is 67.6 Å². The van der Waals surface area contributed by atoms with Gasteiger partial charge in [0.25, 0.3) is 5.91 Å². The van der Waals surface area contributed by atoms with Crippen LogP contribution >= 0.6 is 11.6 Å². The van der Waals surface area contributed by atoms with Gasteiger partial charge in [0.15, 0.2) is 6.61 Å². The van der Waals surface area contributed by atoms with Gasteiger partial charge in [-0.1, -0.05) is 23.7 Å². The number of methoxy groups -OCH3 is 1. The third-order valence-corrected chi connectivity index (χ3v) is 7.48. The van der Waals surface area contributed by atoms with Crippen molar-refractivity contribution in [2.24, 2.45) is 0 Å². The van der Waals surface area contributed by atoms with Crippen molar-refractivity contribution in [1.82, 2.24) is 30.5 Å². The number of nitrogens with one attached hydrogen (secondary N) is 4. The normalized spacial score (nSPS) is 13.8. The summed E-state index contributed by atoms with van der Waals surface area (Å²) in [5.41, 5.74) is 0.911. The molecule has 49 heavy (non-hydrogen) atoms. The summed E-state index contributed by atoms with van der Waals surface area (Å²) in [5, 5.41) is 11.7. The molecule has 1 saturated carbocycles. The molecule has 0 bridgehead atoms. The quantitative estimate of drug-likeness (QED) is 0.110. The minimum atomic E-state index is -4.62. The molecule has 3 amide bonds. The van der Waals surface area contributed by atoms with Gasteiger partial charge < -0.3 is 35.6 Å². The van der Waals surface area contributed by atoms with Crippen molar-refractivity contribution in [3.8, 4) is 6.01 Å². The number of alkyl halides is 3. The lowest BCUT2D eigenvalue weighted by molar-refractivity contribution is -0.154. The molecule has 18 heteroatoms. The molecule has 0 radical (unpaired) electrons. The molecule has 3 aromatic rings. The number of ether oxygens (including phenoxy) is 2. The fourth-order valence-electron chi connectivity index (χ4n) is 4.53. The third kappa shape index (κ3) is 10.7. The van der Waals surface area contributed by atoms with Crippen LogP contribution in [0.2, 0.25) is 5.02 Å². The zero-order valence-corrected chi connectivity index (χ0v) is 27.4. The fourth-order valence-corrected chi connectivity index (χ4v) is 4.65. The first-order valence-corrected chi connectivity index (χ1v) is 15.3. The summed E-state index contributed by atoms with van der Waals surface area (Å²) in [6.45, 7) is -1.53. The number of nitrogens with zero attached hydrogens (tertiary/aromatic N) is 4. The Kier molecular flexibility index (Phi) is 11.8. The predicted octanol–water partition coefficient (Wildman–Crippen LogP) is 3.57. The number of halogens is 4. The summed E-state index contributed by atoms with van der Waals surface area (Å²) in [6.07, 6.45) is -2.82. The highest BCUT2D eigenvalue weighted by atomic mass is 35.5. The maximum atomic E-state index is 13.0. The van der Waals surface area contributed by atoms with E-state index in [1.54, 1.807) is 12.1 Å². The minimum absolute atomic E-state index is 0.0177. The number of likely N-dealkylation sites (N-methyl/N-ethyl adjacent to an activating group) is 1. The number of rotatable bonds is 14. The first-order valence-electron chi connectivity index (χ1n) is 14.9. The first-order chi connectivity index (χ1) is 23.2. The molecule has 1 aliphatic carbocycles. The van der Waals surface area contributed by atoms with Crippen LogP contribution in [0.1, 0.15) is 41.6 Å². The number of hydrogen-bond donors (Lipinski definition) is 4. The van der Waals surface area contributed by atoms with E-state index in [9.17, 15) is 32.3 Å². The molecule has 1 atom stereocenters. The summed E-state index contributed by atoms with van der Waals surface area (Å²) in [6, 6.07) is 11.4. The Morgan fingerprint density at radius 3 is 2.22 bits per heavy atom. The molecule has 14 nitrogen and oxygen atoms in total. The van der Waals surface area contributed by atoms with Crippen molar-refractivity contribution >= 4 is 52.9 Å². The predicted molar refractivity (Wildman–Crippen MR) is 171 cm³/mol. The second kappa shape index (κ2) is 15.8. The van der Waals surface area contributed by atoms with Gasteiger partial charge in [0, 0.05) is 36.9 Å². The number of benzene rings is 2. The van der Waals surface area contributed by atoms with Gasteiger partial charge in [0.2, 0.25) is 11.9 Å². The van der Waals surface area contributed by atoms with Crippen LogP contribution in [0.3, 0.4) is 0 Å². The van der Waals surface area contributed by atoms with Crippen LogP contribution in [-0.4, -0.2) is 90.1 Å². The Bertz CT molecular complexity index is 1650. The van der Waals surface area contributed by atoms with E-state index in [0.717, 1.165) is 23.3 Å². The van der Waals surface area contributed by atoms with Gasteiger partial charge in [-0.2, -0.15) is 28.1 Å². The summed E-state index contributed by atoms with van der Waals surface area (Å²) < 4.78 is 48.3. The largest absolute Gasteiger partial charge is 0.467 e. The topological polar surface area (TPSA) is 177 Å². The van der Waals surface area contributed by atoms with Crippen LogP contribution in [0.25, 0.3) is 0 Å². The van der Waals surface area contributed by atoms with Gasteiger partial charge in [0.1, 0.15) is 6.04 Å². The van der Waals surface area contributed by atoms with E-state index < -0.39 is 54.1 Å². The molecule has 2 aromatic carbocycles. The number of carbonyl (C=O) groups is 4. The summed E-state index contributed by atoms with van der Waals surface area (Å²) in [5.74, 6) is -2.95. The van der Waals surface area contributed by atoms with Crippen molar-refractivity contribution in [3.05, 3.63) is 64.7 Å². The van der Waals surface area contributed by atoms with Crippen LogP contribution in [0.4, 0.5) is 30.8 Å². The van der Waals surface area contributed by atoms with E-state index >= 15 is 0 Å². The lowest BCUT2D eigenvalue weighted by atomic mass is 10.1. The summed E-state index contributed by atoms with van der Waals surface area (Å²) in [4.78, 5) is 62.2. The smallest absolute Gasteiger partial charge is 0.422 e. The van der Waals surface area contributed by atoms with E-state index in [4.69, 9.17) is 21.1 Å². The van der Waals surface area contributed by atoms with Crippen molar-refractivity contribution in [2.45, 2.75) is 43.4 Å². The molecule has 0 unspecified atom stereocenters. The van der Waals surface area contributed by atoms with Crippen LogP contribution in [0.15, 0.2) is 48.5 Å². The Morgan fingerprint density at radius 1 is 0.980 bits per heavy atom. The summed E-state index contributed by atoms with van der Waals surface area (Å²) in [7, 11) is 4.05. The van der Waals surface area contributed by atoms with Gasteiger partial charge in [-0.15, -0.1) is 0 Å². The lowest BCUT2D eigenvalue weighted by Gasteiger charge is -2.19. The van der Waals surface area contributed by atoms with Gasteiger partial charge in [0.05, 0.1) is 12.6 Å². The molecular weight excluding hydrogens is 673 g/mol. The fraction of sp³-hybridized carbons (Fsp3) is 0.387. The van der Waals surface area contributed by atoms with Gasteiger partial charge in [-0.3, -0.25) is 14.4 Å². The molecule has 262 valence electrons. The Labute approximate surface area is 284 Å². The van der Waals surface area contributed by atoms with Crippen LogP contribution in [0, 0.1) is 0 Å². The molecule has 0 aliphatic heterocycles. The second-order valence-electron chi connectivity index (χ2n) is 11.2. The number of carbonyl (C=O) groups excluding carboxylic acids is 4. The molecule has 0 saturated heterocycles. The zero-order valence-electron chi connectivity index (χ0n) is 26.7. The molecule has 0 spiro atoms. The van der Waals surface area contributed by atoms with E-state index in [-0.39, 0.29) is 36.8 Å². The second-order valence-corrected chi connectivity index (χ2v) is 11.7. The zero-order chi connectivity index (χ0) is 35.8. The highest BCUT2D eigenvalue weighted by Crippen LogP contribution is 2.48. The Morgan fingerprint density at radius 2 is 1.63 bits per heavy atom. The van der Waals surface area contributed by atoms with E-state index in [0.29, 0.717) is 10.7 Å². The molecule has 1 heterocycles. The highest BCUT2D eigenvalue weighted by molar-refractivity contribution is 6.34. The third-order valence-electron chi connectivity index (χ3n) is 7.23. The number of esters is 1. The molecule has 1 aromatic heterocycles. The molecule has 1 aliphatic rings. The Hall–Kier alpha value is -5.19. The van der Waals surface area contributed by atoms with Crippen LogP contribution < -0.4 is 26.0 Å². The average molecular weight is 707 g/mol. The van der Waals surface area contributed by atoms with Crippen molar-refractivity contribution < 1.29 is 41.8 Å². The molecular formula is C31H34ClF3N8O6. The van der Waals surface area contributed by atoms with Crippen LogP contribution in [0.5, 0.6) is 6.01 Å².